The molecule has 0 bridgehead atoms. The van der Waals surface area contributed by atoms with E-state index in [0.717, 1.165) is 59.6 Å². The highest BCUT2D eigenvalue weighted by Gasteiger charge is 2.24. The van der Waals surface area contributed by atoms with E-state index in [1.807, 2.05) is 24.3 Å². The topological polar surface area (TPSA) is 83.9 Å². The normalized spacial score (nSPS) is 15.8. The van der Waals surface area contributed by atoms with Gasteiger partial charge in [0.25, 0.3) is 5.91 Å². The predicted molar refractivity (Wildman–Crippen MR) is 141 cm³/mol. The van der Waals surface area contributed by atoms with Crippen molar-refractivity contribution in [2.75, 3.05) is 13.1 Å². The highest BCUT2D eigenvalue weighted by molar-refractivity contribution is 7.11. The van der Waals surface area contributed by atoms with Crippen LogP contribution in [0.2, 0.25) is 0 Å². The van der Waals surface area contributed by atoms with Gasteiger partial charge in [-0.15, -0.1) is 11.3 Å². The fourth-order valence-corrected chi connectivity index (χ4v) is 5.13. The van der Waals surface area contributed by atoms with Crippen LogP contribution in [0.5, 0.6) is 0 Å². The minimum Gasteiger partial charge on any atom is -0.347 e. The molecule has 1 aliphatic heterocycles. The molecular formula is C28H24N6OS. The van der Waals surface area contributed by atoms with E-state index in [-0.39, 0.29) is 11.9 Å². The van der Waals surface area contributed by atoms with Crippen LogP contribution in [0.4, 0.5) is 0 Å². The Balaban J connectivity index is 1.19. The fourth-order valence-electron chi connectivity index (χ4n) is 4.61. The highest BCUT2D eigenvalue weighted by atomic mass is 32.1. The van der Waals surface area contributed by atoms with E-state index in [2.05, 4.69) is 56.6 Å². The maximum absolute atomic E-state index is 12.3. The number of rotatable bonds is 6. The zero-order valence-electron chi connectivity index (χ0n) is 19.5. The molecule has 0 spiro atoms. The zero-order valence-corrected chi connectivity index (χ0v) is 20.4. The third-order valence-corrected chi connectivity index (χ3v) is 7.18. The highest BCUT2D eigenvalue weighted by Crippen LogP contribution is 2.31. The molecule has 1 atom stereocenters. The number of hydrogen-bond acceptors (Lipinski definition) is 7. The summed E-state index contributed by atoms with van der Waals surface area (Å²) in [5, 5.41) is 3.13. The van der Waals surface area contributed by atoms with Crippen LogP contribution in [0.3, 0.4) is 0 Å². The molecule has 1 amide bonds. The number of likely N-dealkylation sites (tertiary alicyclic amines) is 1. The summed E-state index contributed by atoms with van der Waals surface area (Å²) >= 11 is 1.37. The Bertz CT molecular complexity index is 1490. The van der Waals surface area contributed by atoms with Gasteiger partial charge in [0.05, 0.1) is 34.8 Å². The molecule has 178 valence electrons. The van der Waals surface area contributed by atoms with Gasteiger partial charge in [0.1, 0.15) is 10.4 Å². The number of nitrogens with zero attached hydrogens (tertiary/aromatic N) is 5. The summed E-state index contributed by atoms with van der Waals surface area (Å²) in [4.78, 5) is 33.4. The molecule has 1 N–H and O–H groups in total. The molecule has 36 heavy (non-hydrogen) atoms. The van der Waals surface area contributed by atoms with Crippen LogP contribution in [0.25, 0.3) is 33.5 Å². The first-order valence-electron chi connectivity index (χ1n) is 11.9. The van der Waals surface area contributed by atoms with Crippen molar-refractivity contribution in [3.05, 3.63) is 95.2 Å². The summed E-state index contributed by atoms with van der Waals surface area (Å²) in [6.45, 7) is 2.64. The number of pyridine rings is 1. The number of carbonyl (C=O) groups excluding carboxylic acids is 1. The number of aromatic nitrogens is 4. The van der Waals surface area contributed by atoms with Crippen LogP contribution in [-0.2, 0) is 6.54 Å². The number of carbonyl (C=O) groups is 1. The van der Waals surface area contributed by atoms with Crippen molar-refractivity contribution < 1.29 is 4.79 Å². The van der Waals surface area contributed by atoms with Crippen molar-refractivity contribution in [1.29, 1.82) is 0 Å². The van der Waals surface area contributed by atoms with Gasteiger partial charge >= 0.3 is 0 Å². The number of nitrogens with one attached hydrogen (secondary N) is 1. The van der Waals surface area contributed by atoms with Crippen molar-refractivity contribution in [2.24, 2.45) is 0 Å². The van der Waals surface area contributed by atoms with Crippen molar-refractivity contribution in [2.45, 2.75) is 19.0 Å². The largest absolute Gasteiger partial charge is 0.347 e. The maximum atomic E-state index is 12.3. The standard InChI is InChI=1S/C28H24N6OS/c35-28(25-15-30-18-36-25)31-22-11-13-34(17-22)16-19-6-8-21(9-7-19)27-26(20-4-2-1-3-5-20)33-24-14-29-12-10-23(24)32-27/h1-10,12,14-15,18,22H,11,13,16-17H2,(H,31,35)/t22-/m1/s1. The molecular weight excluding hydrogens is 468 g/mol. The molecule has 0 aliphatic carbocycles. The monoisotopic (exact) mass is 492 g/mol. The third-order valence-electron chi connectivity index (χ3n) is 6.41. The summed E-state index contributed by atoms with van der Waals surface area (Å²) in [5.41, 5.74) is 8.28. The van der Waals surface area contributed by atoms with Crippen molar-refractivity contribution in [1.82, 2.24) is 30.2 Å². The number of thiazole rings is 1. The molecule has 6 rings (SSSR count). The van der Waals surface area contributed by atoms with Crippen LogP contribution < -0.4 is 5.32 Å². The minimum atomic E-state index is -0.0322. The smallest absolute Gasteiger partial charge is 0.263 e. The number of hydrogen-bond donors (Lipinski definition) is 1. The minimum absolute atomic E-state index is 0.0322. The molecule has 1 fully saturated rings. The van der Waals surface area contributed by atoms with E-state index in [4.69, 9.17) is 9.97 Å². The van der Waals surface area contributed by atoms with Crippen LogP contribution in [0, 0.1) is 0 Å². The summed E-state index contributed by atoms with van der Waals surface area (Å²) in [6, 6.07) is 20.8. The summed E-state index contributed by atoms with van der Waals surface area (Å²) in [7, 11) is 0. The lowest BCUT2D eigenvalue weighted by Gasteiger charge is -2.17. The lowest BCUT2D eigenvalue weighted by atomic mass is 10.0. The second-order valence-electron chi connectivity index (χ2n) is 8.91. The number of amides is 1. The van der Waals surface area contributed by atoms with Crippen molar-refractivity contribution in [3.8, 4) is 22.5 Å². The second kappa shape index (κ2) is 9.93. The molecule has 0 radical (unpaired) electrons. The van der Waals surface area contributed by atoms with Gasteiger partial charge in [0, 0.05) is 43.0 Å². The third kappa shape index (κ3) is 4.73. The molecule has 0 unspecified atom stereocenters. The maximum Gasteiger partial charge on any atom is 0.263 e. The quantitative estimate of drug-likeness (QED) is 0.366. The molecule has 2 aromatic carbocycles. The average Bonchev–Trinajstić information content (AvgIpc) is 3.62. The summed E-state index contributed by atoms with van der Waals surface area (Å²) in [5.74, 6) is -0.0322. The van der Waals surface area contributed by atoms with Gasteiger partial charge in [0.15, 0.2) is 0 Å². The molecule has 5 aromatic rings. The first kappa shape index (κ1) is 22.5. The average molecular weight is 493 g/mol. The van der Waals surface area contributed by atoms with Crippen molar-refractivity contribution >= 4 is 28.3 Å². The Kier molecular flexibility index (Phi) is 6.19. The first-order valence-corrected chi connectivity index (χ1v) is 12.8. The Hall–Kier alpha value is -4.01. The van der Waals surface area contributed by atoms with E-state index in [9.17, 15) is 4.79 Å². The van der Waals surface area contributed by atoms with Crippen LogP contribution in [0.15, 0.2) is 84.8 Å². The molecule has 3 aromatic heterocycles. The summed E-state index contributed by atoms with van der Waals surface area (Å²) < 4.78 is 0. The van der Waals surface area contributed by atoms with E-state index in [1.54, 1.807) is 24.1 Å². The zero-order chi connectivity index (χ0) is 24.3. The van der Waals surface area contributed by atoms with Gasteiger partial charge in [0.2, 0.25) is 0 Å². The molecule has 7 nitrogen and oxygen atoms in total. The molecule has 1 saturated heterocycles. The Morgan fingerprint density at radius 1 is 0.917 bits per heavy atom. The predicted octanol–water partition coefficient (Wildman–Crippen LogP) is 4.82. The SMILES string of the molecule is O=C(N[C@@H]1CCN(Cc2ccc(-c3nc4ccncc4nc3-c3ccccc3)cc2)C1)c1cncs1. The summed E-state index contributed by atoms with van der Waals surface area (Å²) in [6.07, 6.45) is 6.07. The molecule has 0 saturated carbocycles. The molecule has 4 heterocycles. The van der Waals surface area contributed by atoms with Gasteiger partial charge in [-0.2, -0.15) is 0 Å². The van der Waals surface area contributed by atoms with Gasteiger partial charge in [-0.25, -0.2) is 9.97 Å². The van der Waals surface area contributed by atoms with Gasteiger partial charge in [-0.1, -0.05) is 54.6 Å². The Labute approximate surface area is 212 Å². The van der Waals surface area contributed by atoms with Crippen molar-refractivity contribution in [3.63, 3.8) is 0 Å². The van der Waals surface area contributed by atoms with Gasteiger partial charge < -0.3 is 5.32 Å². The number of fused-ring (bicyclic) bond motifs is 1. The molecule has 1 aliphatic rings. The van der Waals surface area contributed by atoms with Gasteiger partial charge in [-0.3, -0.25) is 19.7 Å². The lowest BCUT2D eigenvalue weighted by Crippen LogP contribution is -2.36. The fraction of sp³-hybridized carbons (Fsp3) is 0.179. The first-order chi connectivity index (χ1) is 17.7. The lowest BCUT2D eigenvalue weighted by molar-refractivity contribution is 0.0941. The van der Waals surface area contributed by atoms with Crippen LogP contribution >= 0.6 is 11.3 Å². The van der Waals surface area contributed by atoms with E-state index in [1.165, 1.54) is 16.9 Å². The van der Waals surface area contributed by atoms with E-state index >= 15 is 0 Å². The van der Waals surface area contributed by atoms with Crippen LogP contribution in [0.1, 0.15) is 21.7 Å². The Morgan fingerprint density at radius 2 is 1.69 bits per heavy atom. The second-order valence-corrected chi connectivity index (χ2v) is 9.79. The molecule has 8 heteroatoms. The van der Waals surface area contributed by atoms with E-state index < -0.39 is 0 Å². The number of benzene rings is 2. The Morgan fingerprint density at radius 3 is 2.47 bits per heavy atom. The van der Waals surface area contributed by atoms with E-state index in [0.29, 0.717) is 4.88 Å². The van der Waals surface area contributed by atoms with Gasteiger partial charge in [-0.05, 0) is 18.1 Å². The van der Waals surface area contributed by atoms with Crippen LogP contribution in [-0.4, -0.2) is 49.9 Å².